The number of nitrogens with one attached hydrogen (secondary N) is 2. The van der Waals surface area contributed by atoms with E-state index in [2.05, 4.69) is 10.6 Å². The van der Waals surface area contributed by atoms with E-state index in [4.69, 9.17) is 5.11 Å². The zero-order valence-electron chi connectivity index (χ0n) is 11.6. The van der Waals surface area contributed by atoms with Gasteiger partial charge in [-0.25, -0.2) is 0 Å². The van der Waals surface area contributed by atoms with E-state index in [1.165, 1.54) is 0 Å². The highest BCUT2D eigenvalue weighted by Crippen LogP contribution is 2.43. The van der Waals surface area contributed by atoms with Crippen LogP contribution in [0.15, 0.2) is 0 Å². The van der Waals surface area contributed by atoms with E-state index in [-0.39, 0.29) is 37.2 Å². The van der Waals surface area contributed by atoms with Crippen molar-refractivity contribution in [1.82, 2.24) is 10.6 Å². The SMILES string of the molecule is O=C(O)CC1(CC(=O)NCC(=O)NC2CC2)CCCC1. The Morgan fingerprint density at radius 1 is 1.05 bits per heavy atom. The molecule has 0 spiro atoms. The molecular weight excluding hydrogens is 260 g/mol. The number of aliphatic carboxylic acids is 1. The van der Waals surface area contributed by atoms with Gasteiger partial charge in [0.1, 0.15) is 0 Å². The highest BCUT2D eigenvalue weighted by Gasteiger charge is 2.38. The molecule has 112 valence electrons. The summed E-state index contributed by atoms with van der Waals surface area (Å²) in [5.74, 6) is -1.25. The maximum Gasteiger partial charge on any atom is 0.303 e. The van der Waals surface area contributed by atoms with Crippen LogP contribution < -0.4 is 10.6 Å². The lowest BCUT2D eigenvalue weighted by Gasteiger charge is -2.26. The van der Waals surface area contributed by atoms with Gasteiger partial charge in [-0.2, -0.15) is 0 Å². The number of carbonyl (C=O) groups excluding carboxylic acids is 2. The Hall–Kier alpha value is -1.59. The summed E-state index contributed by atoms with van der Waals surface area (Å²) < 4.78 is 0. The van der Waals surface area contributed by atoms with Gasteiger partial charge in [0.15, 0.2) is 0 Å². The molecule has 0 saturated heterocycles. The first-order chi connectivity index (χ1) is 9.49. The van der Waals surface area contributed by atoms with Crippen LogP contribution in [-0.2, 0) is 14.4 Å². The Kier molecular flexibility index (Phi) is 4.62. The second kappa shape index (κ2) is 6.24. The molecule has 2 rings (SSSR count). The van der Waals surface area contributed by atoms with Crippen molar-refractivity contribution in [2.24, 2.45) is 5.41 Å². The summed E-state index contributed by atoms with van der Waals surface area (Å²) in [4.78, 5) is 34.3. The van der Waals surface area contributed by atoms with Crippen molar-refractivity contribution < 1.29 is 19.5 Å². The summed E-state index contributed by atoms with van der Waals surface area (Å²) in [6.45, 7) is -0.0154. The van der Waals surface area contributed by atoms with E-state index in [1.807, 2.05) is 0 Å². The smallest absolute Gasteiger partial charge is 0.303 e. The zero-order chi connectivity index (χ0) is 14.6. The summed E-state index contributed by atoms with van der Waals surface area (Å²) in [5.41, 5.74) is -0.414. The maximum absolute atomic E-state index is 11.9. The van der Waals surface area contributed by atoms with Gasteiger partial charge in [-0.05, 0) is 31.1 Å². The Bertz CT molecular complexity index is 398. The first-order valence-corrected chi connectivity index (χ1v) is 7.27. The molecule has 0 bridgehead atoms. The second-order valence-electron chi connectivity index (χ2n) is 6.07. The zero-order valence-corrected chi connectivity index (χ0v) is 11.6. The average Bonchev–Trinajstić information content (AvgIpc) is 3.05. The standard InChI is InChI=1S/C14H22N2O4/c17-11(15-9-12(18)16-10-3-4-10)7-14(8-13(19)20)5-1-2-6-14/h10H,1-9H2,(H,15,17)(H,16,18)(H,19,20). The third-order valence-corrected chi connectivity index (χ3v) is 4.11. The van der Waals surface area contributed by atoms with Crippen molar-refractivity contribution >= 4 is 17.8 Å². The van der Waals surface area contributed by atoms with Crippen molar-refractivity contribution in [2.75, 3.05) is 6.54 Å². The molecule has 0 aromatic heterocycles. The molecule has 2 fully saturated rings. The van der Waals surface area contributed by atoms with Crippen LogP contribution in [0, 0.1) is 5.41 Å². The van der Waals surface area contributed by atoms with Crippen molar-refractivity contribution in [1.29, 1.82) is 0 Å². The molecule has 0 aromatic rings. The molecule has 6 heteroatoms. The predicted molar refractivity (Wildman–Crippen MR) is 71.9 cm³/mol. The van der Waals surface area contributed by atoms with Gasteiger partial charge in [0.05, 0.1) is 13.0 Å². The number of amides is 2. The second-order valence-corrected chi connectivity index (χ2v) is 6.07. The molecule has 0 atom stereocenters. The minimum atomic E-state index is -0.855. The molecule has 0 aliphatic heterocycles. The molecule has 3 N–H and O–H groups in total. The molecule has 0 heterocycles. The first-order valence-electron chi connectivity index (χ1n) is 7.27. The summed E-state index contributed by atoms with van der Waals surface area (Å²) >= 11 is 0. The molecule has 0 unspecified atom stereocenters. The Morgan fingerprint density at radius 3 is 2.25 bits per heavy atom. The van der Waals surface area contributed by atoms with Gasteiger partial charge in [-0.3, -0.25) is 14.4 Å². The molecule has 2 aliphatic carbocycles. The summed E-state index contributed by atoms with van der Waals surface area (Å²) in [6, 6.07) is 0.285. The van der Waals surface area contributed by atoms with Crippen LogP contribution in [0.4, 0.5) is 0 Å². The molecule has 0 radical (unpaired) electrons. The van der Waals surface area contributed by atoms with E-state index in [0.29, 0.717) is 0 Å². The van der Waals surface area contributed by atoms with Crippen molar-refractivity contribution in [3.05, 3.63) is 0 Å². The largest absolute Gasteiger partial charge is 0.481 e. The summed E-state index contributed by atoms with van der Waals surface area (Å²) in [6.07, 6.45) is 5.78. The quantitative estimate of drug-likeness (QED) is 0.644. The van der Waals surface area contributed by atoms with E-state index < -0.39 is 11.4 Å². The third-order valence-electron chi connectivity index (χ3n) is 4.11. The van der Waals surface area contributed by atoms with Crippen molar-refractivity contribution in [3.8, 4) is 0 Å². The van der Waals surface area contributed by atoms with Gasteiger partial charge in [-0.1, -0.05) is 12.8 Å². The predicted octanol–water partition coefficient (Wildman–Crippen LogP) is 0.806. The van der Waals surface area contributed by atoms with Crippen LogP contribution in [0.25, 0.3) is 0 Å². The van der Waals surface area contributed by atoms with Crippen LogP contribution in [0.3, 0.4) is 0 Å². The Morgan fingerprint density at radius 2 is 1.70 bits per heavy atom. The maximum atomic E-state index is 11.9. The molecule has 0 aromatic carbocycles. The fourth-order valence-electron chi connectivity index (χ4n) is 2.95. The molecule has 20 heavy (non-hydrogen) atoms. The molecule has 2 saturated carbocycles. The summed E-state index contributed by atoms with van der Waals surface area (Å²) in [7, 11) is 0. The topological polar surface area (TPSA) is 95.5 Å². The number of carboxylic acids is 1. The molecule has 6 nitrogen and oxygen atoms in total. The number of hydrogen-bond donors (Lipinski definition) is 3. The van der Waals surface area contributed by atoms with Crippen LogP contribution in [0.5, 0.6) is 0 Å². The monoisotopic (exact) mass is 282 g/mol. The Balaban J connectivity index is 1.76. The van der Waals surface area contributed by atoms with E-state index in [0.717, 1.165) is 38.5 Å². The van der Waals surface area contributed by atoms with Gasteiger partial charge in [0, 0.05) is 12.5 Å². The van der Waals surface area contributed by atoms with E-state index in [9.17, 15) is 14.4 Å². The van der Waals surface area contributed by atoms with E-state index >= 15 is 0 Å². The highest BCUT2D eigenvalue weighted by molar-refractivity contribution is 5.85. The fourth-order valence-corrected chi connectivity index (χ4v) is 2.95. The van der Waals surface area contributed by atoms with Crippen molar-refractivity contribution in [3.63, 3.8) is 0 Å². The van der Waals surface area contributed by atoms with Crippen LogP contribution >= 0.6 is 0 Å². The normalized spacial score (nSPS) is 20.4. The van der Waals surface area contributed by atoms with Crippen LogP contribution in [-0.4, -0.2) is 35.5 Å². The molecule has 2 aliphatic rings. The lowest BCUT2D eigenvalue weighted by atomic mass is 9.79. The first kappa shape index (κ1) is 14.8. The van der Waals surface area contributed by atoms with Gasteiger partial charge < -0.3 is 15.7 Å². The van der Waals surface area contributed by atoms with Crippen LogP contribution in [0.2, 0.25) is 0 Å². The number of hydrogen-bond acceptors (Lipinski definition) is 3. The number of carbonyl (C=O) groups is 3. The molecular formula is C14H22N2O4. The summed E-state index contributed by atoms with van der Waals surface area (Å²) in [5, 5.41) is 14.4. The van der Waals surface area contributed by atoms with Crippen molar-refractivity contribution in [2.45, 2.75) is 57.4 Å². The third kappa shape index (κ3) is 4.51. The van der Waals surface area contributed by atoms with Crippen LogP contribution in [0.1, 0.15) is 51.4 Å². The van der Waals surface area contributed by atoms with Gasteiger partial charge in [-0.15, -0.1) is 0 Å². The lowest BCUT2D eigenvalue weighted by molar-refractivity contribution is -0.140. The van der Waals surface area contributed by atoms with Gasteiger partial charge in [0.25, 0.3) is 0 Å². The Labute approximate surface area is 118 Å². The highest BCUT2D eigenvalue weighted by atomic mass is 16.4. The minimum Gasteiger partial charge on any atom is -0.481 e. The average molecular weight is 282 g/mol. The minimum absolute atomic E-state index is 0.0154. The number of rotatable bonds is 7. The van der Waals surface area contributed by atoms with E-state index in [1.54, 1.807) is 0 Å². The fraction of sp³-hybridized carbons (Fsp3) is 0.786. The van der Waals surface area contributed by atoms with Gasteiger partial charge >= 0.3 is 5.97 Å². The van der Waals surface area contributed by atoms with Gasteiger partial charge in [0.2, 0.25) is 11.8 Å². The number of carboxylic acid groups (broad SMARTS) is 1. The molecule has 2 amide bonds. The lowest BCUT2D eigenvalue weighted by Crippen LogP contribution is -2.39.